The highest BCUT2D eigenvalue weighted by atomic mass is 19.1. The molecule has 0 N–H and O–H groups in total. The Morgan fingerprint density at radius 3 is 2.61 bits per heavy atom. The van der Waals surface area contributed by atoms with Crippen LogP contribution in [0.5, 0.6) is 0 Å². The number of hydrogen-bond donors (Lipinski definition) is 0. The number of aryl methyl sites for hydroxylation is 1. The van der Waals surface area contributed by atoms with Crippen LogP contribution in [0.2, 0.25) is 0 Å². The zero-order chi connectivity index (χ0) is 20.9. The van der Waals surface area contributed by atoms with Crippen LogP contribution in [0, 0.1) is 12.7 Å². The van der Waals surface area contributed by atoms with E-state index in [1.165, 1.54) is 0 Å². The number of para-hydroxylation sites is 1. The van der Waals surface area contributed by atoms with Crippen LogP contribution in [0.1, 0.15) is 29.9 Å². The minimum absolute atomic E-state index is 0.198. The maximum Gasteiger partial charge on any atom is 0.144 e. The van der Waals surface area contributed by atoms with Crippen LogP contribution >= 0.6 is 0 Å². The third-order valence-corrected chi connectivity index (χ3v) is 6.43. The molecule has 0 atom stereocenters. The molecule has 1 aliphatic rings. The summed E-state index contributed by atoms with van der Waals surface area (Å²) in [5, 5.41) is 3.64. The third-order valence-electron chi connectivity index (χ3n) is 6.43. The van der Waals surface area contributed by atoms with E-state index < -0.39 is 0 Å². The molecule has 0 amide bonds. The first kappa shape index (κ1) is 18.5. The van der Waals surface area contributed by atoms with E-state index in [0.29, 0.717) is 18.6 Å². The van der Waals surface area contributed by atoms with Gasteiger partial charge in [0.1, 0.15) is 17.0 Å². The van der Waals surface area contributed by atoms with E-state index in [4.69, 9.17) is 14.1 Å². The molecule has 3 aromatic carbocycles. The number of halogens is 1. The predicted molar refractivity (Wildman–Crippen MR) is 122 cm³/mol. The van der Waals surface area contributed by atoms with Gasteiger partial charge in [-0.15, -0.1) is 0 Å². The van der Waals surface area contributed by atoms with E-state index in [0.717, 1.165) is 62.6 Å². The fourth-order valence-corrected chi connectivity index (χ4v) is 4.96. The average molecular weight is 411 g/mol. The fourth-order valence-electron chi connectivity index (χ4n) is 4.96. The Morgan fingerprint density at radius 1 is 0.935 bits per heavy atom. The molecule has 1 aliphatic heterocycles. The smallest absolute Gasteiger partial charge is 0.144 e. The summed E-state index contributed by atoms with van der Waals surface area (Å²) >= 11 is 0. The number of rotatable bonds is 2. The van der Waals surface area contributed by atoms with Gasteiger partial charge in [-0.2, -0.15) is 0 Å². The Hall–Kier alpha value is -3.24. The highest BCUT2D eigenvalue weighted by Crippen LogP contribution is 2.41. The summed E-state index contributed by atoms with van der Waals surface area (Å²) < 4.78 is 27.0. The molecule has 0 saturated carbocycles. The van der Waals surface area contributed by atoms with Crippen molar-refractivity contribution in [2.75, 3.05) is 13.2 Å². The number of benzene rings is 3. The number of aromatic nitrogens is 1. The molecule has 3 nitrogen and oxygen atoms in total. The molecule has 1 fully saturated rings. The number of nitrogens with zero attached hydrogens (tertiary/aromatic N) is 1. The van der Waals surface area contributed by atoms with Gasteiger partial charge in [-0.05, 0) is 61.1 Å². The first-order valence-corrected chi connectivity index (χ1v) is 10.8. The van der Waals surface area contributed by atoms with Crippen molar-refractivity contribution < 1.29 is 13.5 Å². The molecule has 0 aliphatic carbocycles. The van der Waals surface area contributed by atoms with Crippen molar-refractivity contribution >= 4 is 32.7 Å². The average Bonchev–Trinajstić information content (AvgIpc) is 3.17. The number of furan rings is 1. The minimum atomic E-state index is -0.198. The molecule has 6 rings (SSSR count). The van der Waals surface area contributed by atoms with Gasteiger partial charge in [-0.3, -0.25) is 4.98 Å². The van der Waals surface area contributed by atoms with Gasteiger partial charge in [0.15, 0.2) is 0 Å². The largest absolute Gasteiger partial charge is 0.455 e. The van der Waals surface area contributed by atoms with Crippen molar-refractivity contribution in [1.82, 2.24) is 4.98 Å². The Bertz CT molecular complexity index is 1450. The highest BCUT2D eigenvalue weighted by Gasteiger charge is 2.23. The molecule has 0 unspecified atom stereocenters. The molecule has 3 heterocycles. The number of fused-ring (bicyclic) bond motifs is 4. The fraction of sp³-hybridized carbons (Fsp3) is 0.222. The summed E-state index contributed by atoms with van der Waals surface area (Å²) in [6.45, 7) is 3.49. The maximum absolute atomic E-state index is 15.2. The van der Waals surface area contributed by atoms with E-state index in [1.54, 1.807) is 12.1 Å². The second-order valence-corrected chi connectivity index (χ2v) is 8.40. The van der Waals surface area contributed by atoms with Gasteiger partial charge in [-0.25, -0.2) is 4.39 Å². The van der Waals surface area contributed by atoms with E-state index in [9.17, 15) is 0 Å². The Labute approximate surface area is 179 Å². The maximum atomic E-state index is 15.2. The lowest BCUT2D eigenvalue weighted by Gasteiger charge is -2.24. The standard InChI is InChI=1S/C27H22FNO2/c1-16-13-20-18-5-2-3-8-24(18)31-27(20)21(14-16)26-19-6-4-7-23(28)25(19)22(15-29-26)17-9-11-30-12-10-17/h2-8,13-15,17H,9-12H2,1H3. The monoisotopic (exact) mass is 411 g/mol. The molecule has 4 heteroatoms. The van der Waals surface area contributed by atoms with Crippen LogP contribution in [0.15, 0.2) is 65.2 Å². The highest BCUT2D eigenvalue weighted by molar-refractivity contribution is 6.12. The molecular formula is C27H22FNO2. The zero-order valence-electron chi connectivity index (χ0n) is 17.3. The summed E-state index contributed by atoms with van der Waals surface area (Å²) in [4.78, 5) is 4.89. The summed E-state index contributed by atoms with van der Waals surface area (Å²) in [6, 6.07) is 17.6. The zero-order valence-corrected chi connectivity index (χ0v) is 17.3. The lowest BCUT2D eigenvalue weighted by molar-refractivity contribution is 0.0855. The van der Waals surface area contributed by atoms with E-state index in [2.05, 4.69) is 25.1 Å². The summed E-state index contributed by atoms with van der Waals surface area (Å²) in [7, 11) is 0. The number of hydrogen-bond acceptors (Lipinski definition) is 3. The molecule has 31 heavy (non-hydrogen) atoms. The van der Waals surface area contributed by atoms with Crippen molar-refractivity contribution in [3.63, 3.8) is 0 Å². The molecule has 154 valence electrons. The van der Waals surface area contributed by atoms with Gasteiger partial charge in [0.2, 0.25) is 0 Å². The van der Waals surface area contributed by atoms with Crippen LogP contribution in [-0.4, -0.2) is 18.2 Å². The van der Waals surface area contributed by atoms with E-state index >= 15 is 4.39 Å². The summed E-state index contributed by atoms with van der Waals surface area (Å²) in [5.74, 6) is 0.0644. The molecule has 0 radical (unpaired) electrons. The van der Waals surface area contributed by atoms with Gasteiger partial charge >= 0.3 is 0 Å². The van der Waals surface area contributed by atoms with Crippen molar-refractivity contribution in [2.45, 2.75) is 25.7 Å². The second-order valence-electron chi connectivity index (χ2n) is 8.40. The number of ether oxygens (including phenoxy) is 1. The molecule has 0 spiro atoms. The molecule has 5 aromatic rings. The first-order valence-electron chi connectivity index (χ1n) is 10.8. The van der Waals surface area contributed by atoms with Gasteiger partial charge in [0, 0.05) is 46.5 Å². The Balaban J connectivity index is 1.66. The van der Waals surface area contributed by atoms with Crippen molar-refractivity contribution in [1.29, 1.82) is 0 Å². The lowest BCUT2D eigenvalue weighted by Crippen LogP contribution is -2.15. The van der Waals surface area contributed by atoms with E-state index in [1.807, 2.05) is 30.5 Å². The minimum Gasteiger partial charge on any atom is -0.455 e. The topological polar surface area (TPSA) is 35.3 Å². The van der Waals surface area contributed by atoms with Gasteiger partial charge in [0.25, 0.3) is 0 Å². The summed E-state index contributed by atoms with van der Waals surface area (Å²) in [6.07, 6.45) is 3.65. The molecule has 1 saturated heterocycles. The van der Waals surface area contributed by atoms with Crippen molar-refractivity contribution in [3.05, 3.63) is 77.7 Å². The van der Waals surface area contributed by atoms with Crippen LogP contribution in [0.25, 0.3) is 44.0 Å². The number of pyridine rings is 1. The van der Waals surface area contributed by atoms with Crippen LogP contribution < -0.4 is 0 Å². The van der Waals surface area contributed by atoms with Gasteiger partial charge in [-0.1, -0.05) is 30.3 Å². The van der Waals surface area contributed by atoms with E-state index in [-0.39, 0.29) is 11.7 Å². The Morgan fingerprint density at radius 2 is 1.74 bits per heavy atom. The van der Waals surface area contributed by atoms with Crippen LogP contribution in [0.4, 0.5) is 4.39 Å². The molecular weight excluding hydrogens is 389 g/mol. The quantitative estimate of drug-likeness (QED) is 0.310. The second kappa shape index (κ2) is 7.17. The predicted octanol–water partition coefficient (Wildman–Crippen LogP) is 7.14. The summed E-state index contributed by atoms with van der Waals surface area (Å²) in [5.41, 5.74) is 5.41. The normalized spacial score (nSPS) is 15.3. The lowest BCUT2D eigenvalue weighted by atomic mass is 9.88. The third kappa shape index (κ3) is 2.94. The van der Waals surface area contributed by atoms with Crippen LogP contribution in [0.3, 0.4) is 0 Å². The first-order chi connectivity index (χ1) is 15.2. The SMILES string of the molecule is Cc1cc(-c2ncc(C3CCOCC3)c3c(F)cccc23)c2oc3ccccc3c2c1. The van der Waals surface area contributed by atoms with Crippen molar-refractivity contribution in [2.24, 2.45) is 0 Å². The van der Waals surface area contributed by atoms with Crippen LogP contribution in [-0.2, 0) is 4.74 Å². The molecule has 2 aromatic heterocycles. The Kier molecular flexibility index (Phi) is 4.29. The van der Waals surface area contributed by atoms with Gasteiger partial charge < -0.3 is 9.15 Å². The van der Waals surface area contributed by atoms with Crippen molar-refractivity contribution in [3.8, 4) is 11.3 Å². The molecule has 0 bridgehead atoms. The van der Waals surface area contributed by atoms with Gasteiger partial charge in [0.05, 0.1) is 5.69 Å².